The van der Waals surface area contributed by atoms with E-state index in [4.69, 9.17) is 4.74 Å². The van der Waals surface area contributed by atoms with Gasteiger partial charge in [-0.05, 0) is 49.2 Å². The van der Waals surface area contributed by atoms with Gasteiger partial charge in [-0.3, -0.25) is 0 Å². The summed E-state index contributed by atoms with van der Waals surface area (Å²) in [5.41, 5.74) is 4.68. The molecule has 5 rings (SSSR count). The number of rotatable bonds is 4. The predicted octanol–water partition coefficient (Wildman–Crippen LogP) is 3.82. The van der Waals surface area contributed by atoms with Crippen LogP contribution < -0.4 is 14.5 Å². The third kappa shape index (κ3) is 3.56. The van der Waals surface area contributed by atoms with Crippen LogP contribution in [-0.2, 0) is 0 Å². The molecule has 0 radical (unpaired) electrons. The number of hydrogen-bond donors (Lipinski definition) is 0. The number of nitrogens with zero attached hydrogens (tertiary/aromatic N) is 6. The molecule has 1 fully saturated rings. The van der Waals surface area contributed by atoms with Crippen molar-refractivity contribution >= 4 is 17.3 Å². The van der Waals surface area contributed by atoms with Gasteiger partial charge >= 0.3 is 0 Å². The van der Waals surface area contributed by atoms with E-state index in [1.807, 2.05) is 22.8 Å². The Morgan fingerprint density at radius 1 is 1.03 bits per heavy atom. The number of piperazine rings is 1. The van der Waals surface area contributed by atoms with Gasteiger partial charge in [-0.25, -0.2) is 4.98 Å². The highest BCUT2D eigenvalue weighted by Crippen LogP contribution is 2.33. The van der Waals surface area contributed by atoms with E-state index in [9.17, 15) is 0 Å². The highest BCUT2D eigenvalue weighted by atomic mass is 16.5. The molecule has 2 aromatic heterocycles. The maximum atomic E-state index is 5.33. The molecule has 0 bridgehead atoms. The first-order valence-electron chi connectivity index (χ1n) is 10.6. The quantitative estimate of drug-likeness (QED) is 0.506. The fourth-order valence-corrected chi connectivity index (χ4v) is 4.39. The van der Waals surface area contributed by atoms with E-state index in [0.717, 1.165) is 42.3 Å². The SMILES string of the molecule is COc1ccc(-c2cnc3ncnn3c2N2CCN(c3cccc(C)c3)C(C)C2)cc1. The molecule has 7 heteroatoms. The van der Waals surface area contributed by atoms with Gasteiger partial charge in [-0.1, -0.05) is 24.3 Å². The second-order valence-corrected chi connectivity index (χ2v) is 8.02. The number of fused-ring (bicyclic) bond motifs is 1. The van der Waals surface area contributed by atoms with Gasteiger partial charge in [0.05, 0.1) is 7.11 Å². The summed E-state index contributed by atoms with van der Waals surface area (Å²) in [5.74, 6) is 2.48. The molecule has 158 valence electrons. The summed E-state index contributed by atoms with van der Waals surface area (Å²) in [4.78, 5) is 13.7. The maximum absolute atomic E-state index is 5.33. The molecule has 1 aliphatic heterocycles. The zero-order valence-electron chi connectivity index (χ0n) is 18.1. The minimum atomic E-state index is 0.353. The number of hydrogen-bond acceptors (Lipinski definition) is 6. The molecule has 0 amide bonds. The lowest BCUT2D eigenvalue weighted by atomic mass is 10.1. The van der Waals surface area contributed by atoms with Crippen LogP contribution in [0.2, 0.25) is 0 Å². The van der Waals surface area contributed by atoms with Crippen molar-refractivity contribution in [2.75, 3.05) is 36.5 Å². The smallest absolute Gasteiger partial charge is 0.254 e. The van der Waals surface area contributed by atoms with Crippen LogP contribution in [0.5, 0.6) is 5.75 Å². The summed E-state index contributed by atoms with van der Waals surface area (Å²) in [6, 6.07) is 17.2. The second kappa shape index (κ2) is 7.91. The molecule has 0 spiro atoms. The van der Waals surface area contributed by atoms with E-state index < -0.39 is 0 Å². The van der Waals surface area contributed by atoms with Crippen LogP contribution in [0.1, 0.15) is 12.5 Å². The van der Waals surface area contributed by atoms with Gasteiger partial charge in [-0.15, -0.1) is 0 Å². The summed E-state index contributed by atoms with van der Waals surface area (Å²) in [6.07, 6.45) is 3.47. The van der Waals surface area contributed by atoms with E-state index >= 15 is 0 Å². The number of benzene rings is 2. The Hall–Kier alpha value is -3.61. The number of anilines is 2. The highest BCUT2D eigenvalue weighted by Gasteiger charge is 2.28. The van der Waals surface area contributed by atoms with Crippen molar-refractivity contribution in [1.82, 2.24) is 19.6 Å². The largest absolute Gasteiger partial charge is 0.497 e. The first-order valence-corrected chi connectivity index (χ1v) is 10.6. The van der Waals surface area contributed by atoms with Crippen LogP contribution in [0, 0.1) is 6.92 Å². The van der Waals surface area contributed by atoms with Gasteiger partial charge in [0.1, 0.15) is 17.9 Å². The van der Waals surface area contributed by atoms with Crippen LogP contribution >= 0.6 is 0 Å². The number of methoxy groups -OCH3 is 1. The molecule has 1 aliphatic rings. The summed E-state index contributed by atoms with van der Waals surface area (Å²) in [5, 5.41) is 4.49. The zero-order valence-corrected chi connectivity index (χ0v) is 18.1. The van der Waals surface area contributed by atoms with Crippen molar-refractivity contribution in [3.63, 3.8) is 0 Å². The Kier molecular flexibility index (Phi) is 4.94. The Morgan fingerprint density at radius 2 is 1.87 bits per heavy atom. The molecule has 0 N–H and O–H groups in total. The second-order valence-electron chi connectivity index (χ2n) is 8.02. The van der Waals surface area contributed by atoms with Crippen LogP contribution in [0.15, 0.2) is 61.1 Å². The summed E-state index contributed by atoms with van der Waals surface area (Å²) >= 11 is 0. The average molecular weight is 415 g/mol. The first kappa shape index (κ1) is 19.4. The van der Waals surface area contributed by atoms with E-state index in [1.165, 1.54) is 11.3 Å². The van der Waals surface area contributed by atoms with Crippen molar-refractivity contribution in [3.8, 4) is 16.9 Å². The Bertz CT molecular complexity index is 1200. The fourth-order valence-electron chi connectivity index (χ4n) is 4.39. The van der Waals surface area contributed by atoms with Gasteiger partial charge in [0.2, 0.25) is 0 Å². The van der Waals surface area contributed by atoms with Crippen molar-refractivity contribution in [3.05, 3.63) is 66.6 Å². The molecule has 4 aromatic rings. The first-order chi connectivity index (χ1) is 15.1. The minimum absolute atomic E-state index is 0.353. The van der Waals surface area contributed by atoms with Crippen LogP contribution in [-0.4, -0.2) is 52.4 Å². The van der Waals surface area contributed by atoms with Gasteiger partial charge in [0.15, 0.2) is 0 Å². The number of aryl methyl sites for hydroxylation is 1. The van der Waals surface area contributed by atoms with Gasteiger partial charge < -0.3 is 14.5 Å². The van der Waals surface area contributed by atoms with Crippen LogP contribution in [0.25, 0.3) is 16.9 Å². The predicted molar refractivity (Wildman–Crippen MR) is 123 cm³/mol. The molecule has 7 nitrogen and oxygen atoms in total. The van der Waals surface area contributed by atoms with E-state index in [-0.39, 0.29) is 0 Å². The maximum Gasteiger partial charge on any atom is 0.254 e. The van der Waals surface area contributed by atoms with Crippen molar-refractivity contribution in [1.29, 1.82) is 0 Å². The third-order valence-corrected chi connectivity index (χ3v) is 5.94. The van der Waals surface area contributed by atoms with Crippen molar-refractivity contribution in [2.24, 2.45) is 0 Å². The fraction of sp³-hybridized carbons (Fsp3) is 0.292. The van der Waals surface area contributed by atoms with Crippen molar-refractivity contribution < 1.29 is 4.74 Å². The van der Waals surface area contributed by atoms with Gasteiger partial charge in [0, 0.05) is 43.1 Å². The molecule has 3 heterocycles. The van der Waals surface area contributed by atoms with Crippen LogP contribution in [0.3, 0.4) is 0 Å². The van der Waals surface area contributed by atoms with E-state index in [2.05, 4.69) is 75.1 Å². The normalized spacial score (nSPS) is 16.7. The molecule has 2 aromatic carbocycles. The Labute approximate surface area is 181 Å². The Balaban J connectivity index is 1.51. The van der Waals surface area contributed by atoms with Crippen molar-refractivity contribution in [2.45, 2.75) is 19.9 Å². The lowest BCUT2D eigenvalue weighted by Crippen LogP contribution is -2.52. The molecule has 31 heavy (non-hydrogen) atoms. The monoisotopic (exact) mass is 414 g/mol. The van der Waals surface area contributed by atoms with E-state index in [1.54, 1.807) is 13.4 Å². The zero-order chi connectivity index (χ0) is 21.4. The lowest BCUT2D eigenvalue weighted by Gasteiger charge is -2.42. The van der Waals surface area contributed by atoms with Gasteiger partial charge in [-0.2, -0.15) is 14.6 Å². The third-order valence-electron chi connectivity index (χ3n) is 5.94. The summed E-state index contributed by atoms with van der Waals surface area (Å²) in [7, 11) is 1.68. The standard InChI is InChI=1S/C24H26N6O/c1-17-5-4-6-20(13-17)29-12-11-28(15-18(29)2)23-22(14-25-24-26-16-27-30(23)24)19-7-9-21(31-3)10-8-19/h4-10,13-14,16,18H,11-12,15H2,1-3H3. The average Bonchev–Trinajstić information content (AvgIpc) is 3.27. The molecule has 0 aliphatic carbocycles. The van der Waals surface area contributed by atoms with E-state index in [0.29, 0.717) is 11.8 Å². The molecular weight excluding hydrogens is 388 g/mol. The number of ether oxygens (including phenoxy) is 1. The Morgan fingerprint density at radius 3 is 2.61 bits per heavy atom. The number of aromatic nitrogens is 4. The summed E-state index contributed by atoms with van der Waals surface area (Å²) < 4.78 is 7.18. The molecule has 0 saturated carbocycles. The molecular formula is C24H26N6O. The molecule has 1 unspecified atom stereocenters. The highest BCUT2D eigenvalue weighted by molar-refractivity contribution is 5.77. The topological polar surface area (TPSA) is 58.8 Å². The van der Waals surface area contributed by atoms with Gasteiger partial charge in [0.25, 0.3) is 5.78 Å². The summed E-state index contributed by atoms with van der Waals surface area (Å²) in [6.45, 7) is 7.13. The van der Waals surface area contributed by atoms with Crippen LogP contribution in [0.4, 0.5) is 11.5 Å². The minimum Gasteiger partial charge on any atom is -0.497 e. The lowest BCUT2D eigenvalue weighted by molar-refractivity contribution is 0.415. The molecule has 1 saturated heterocycles. The molecule has 1 atom stereocenters.